The largest absolute Gasteiger partial charge is 0.354 e. The van der Waals surface area contributed by atoms with Crippen LogP contribution in [0.5, 0.6) is 0 Å². The summed E-state index contributed by atoms with van der Waals surface area (Å²) >= 11 is 0. The van der Waals surface area contributed by atoms with Crippen LogP contribution in [0.4, 0.5) is 0 Å². The van der Waals surface area contributed by atoms with Crippen LogP contribution in [0.15, 0.2) is 146 Å². The number of hydrogen-bond acceptors (Lipinski definition) is 2. The first kappa shape index (κ1) is 29.6. The van der Waals surface area contributed by atoms with Crippen LogP contribution < -0.4 is 0 Å². The van der Waals surface area contributed by atoms with E-state index in [1.54, 1.807) is 0 Å². The lowest BCUT2D eigenvalue weighted by Crippen LogP contribution is -1.98. The Morgan fingerprint density at radius 1 is 0.400 bits per heavy atom. The van der Waals surface area contributed by atoms with E-state index in [4.69, 9.17) is 9.97 Å². The molecule has 5 heterocycles. The number of rotatable bonds is 5. The third kappa shape index (κ3) is 5.10. The number of hydrogen-bond donors (Lipinski definition) is 1. The van der Waals surface area contributed by atoms with E-state index in [9.17, 15) is 0 Å². The van der Waals surface area contributed by atoms with Gasteiger partial charge in [-0.25, -0.2) is 9.97 Å². The smallest absolute Gasteiger partial charge is 0.0737 e. The molecule has 4 nitrogen and oxygen atoms in total. The molecule has 0 spiro atoms. The number of nitrogens with zero attached hydrogens (tertiary/aromatic N) is 3. The van der Waals surface area contributed by atoms with Gasteiger partial charge in [0.15, 0.2) is 0 Å². The van der Waals surface area contributed by atoms with Gasteiger partial charge in [-0.15, -0.1) is 0 Å². The van der Waals surface area contributed by atoms with Gasteiger partial charge in [-0.1, -0.05) is 121 Å². The summed E-state index contributed by atoms with van der Waals surface area (Å²) in [5, 5.41) is 0. The normalized spacial score (nSPS) is 12.0. The summed E-state index contributed by atoms with van der Waals surface area (Å²) in [5.41, 5.74) is 16.7. The highest BCUT2D eigenvalue weighted by Gasteiger charge is 2.20. The van der Waals surface area contributed by atoms with Crippen LogP contribution in [-0.2, 0) is 6.54 Å². The van der Waals surface area contributed by atoms with Gasteiger partial charge in [0.25, 0.3) is 0 Å². The molecule has 7 aromatic rings. The molecule has 4 heteroatoms. The number of benzene rings is 4. The van der Waals surface area contributed by atoms with E-state index < -0.39 is 0 Å². The fourth-order valence-corrected chi connectivity index (χ4v) is 7.37. The molecule has 0 fully saturated rings. The van der Waals surface area contributed by atoms with Crippen molar-refractivity contribution >= 4 is 46.4 Å². The molecule has 0 saturated carbocycles. The molecule has 0 radical (unpaired) electrons. The monoisotopic (exact) mass is 642 g/mol. The van der Waals surface area contributed by atoms with Crippen molar-refractivity contribution < 1.29 is 0 Å². The van der Waals surface area contributed by atoms with Crippen molar-refractivity contribution in [1.29, 1.82) is 0 Å². The number of aryl methyl sites for hydroxylation is 1. The van der Waals surface area contributed by atoms with E-state index >= 15 is 0 Å². The maximum atomic E-state index is 5.43. The zero-order chi connectivity index (χ0) is 33.4. The molecule has 0 atom stereocenters. The second-order valence-electron chi connectivity index (χ2n) is 12.5. The van der Waals surface area contributed by atoms with Gasteiger partial charge in [0, 0.05) is 39.8 Å². The lowest BCUT2D eigenvalue weighted by molar-refractivity contribution is 0.826. The standard InChI is InChI=1S/C46H34N4/c1-2-50-41-29-30-42(50)46(34-21-13-6-14-22-34)40-28-26-38(49-40)44(32-17-9-4-10-18-32)36-24-23-35(47-36)43(31-15-7-3-8-16-31)37-25-27-39(48-37)45(41)33-19-11-5-12-20-33/h3-30,47H,2H2,1H3. The molecule has 8 bridgehead atoms. The van der Waals surface area contributed by atoms with Crippen LogP contribution in [0, 0.1) is 0 Å². The van der Waals surface area contributed by atoms with Crippen LogP contribution in [-0.4, -0.2) is 19.5 Å². The van der Waals surface area contributed by atoms with Gasteiger partial charge in [-0.3, -0.25) is 0 Å². The predicted octanol–water partition coefficient (Wildman–Crippen LogP) is 11.8. The summed E-state index contributed by atoms with van der Waals surface area (Å²) in [6.07, 6.45) is 8.66. The molecule has 238 valence electrons. The summed E-state index contributed by atoms with van der Waals surface area (Å²) in [6.45, 7) is 2.99. The number of aromatic nitrogens is 4. The van der Waals surface area contributed by atoms with Crippen molar-refractivity contribution in [3.8, 4) is 44.5 Å². The Labute approximate surface area is 291 Å². The van der Waals surface area contributed by atoms with E-state index in [1.807, 2.05) is 0 Å². The average Bonchev–Trinajstić information content (AvgIpc) is 4.01. The molecule has 50 heavy (non-hydrogen) atoms. The van der Waals surface area contributed by atoms with Crippen LogP contribution >= 0.6 is 0 Å². The summed E-state index contributed by atoms with van der Waals surface area (Å²) in [6, 6.07) is 51.2. The molecular weight excluding hydrogens is 609 g/mol. The van der Waals surface area contributed by atoms with Crippen molar-refractivity contribution in [1.82, 2.24) is 19.5 Å². The third-order valence-electron chi connectivity index (χ3n) is 9.59. The quantitative estimate of drug-likeness (QED) is 0.203. The van der Waals surface area contributed by atoms with Crippen molar-refractivity contribution in [2.24, 2.45) is 0 Å². The Bertz CT molecular complexity index is 2410. The third-order valence-corrected chi connectivity index (χ3v) is 9.59. The zero-order valence-electron chi connectivity index (χ0n) is 27.7. The van der Waals surface area contributed by atoms with Crippen LogP contribution in [0.3, 0.4) is 0 Å². The SMILES string of the molecule is CCn1c2ccc1c(-c1ccccc1)c1nc(c(-c3ccccc3)c3ccc([nH]3)c(-c3ccccc3)c3nc(c2-c2ccccc2)C=C3)C=C1. The van der Waals surface area contributed by atoms with Gasteiger partial charge in [-0.2, -0.15) is 0 Å². The molecule has 2 aliphatic rings. The van der Waals surface area contributed by atoms with Crippen molar-refractivity contribution in [2.45, 2.75) is 13.5 Å². The minimum atomic E-state index is 0.776. The first-order valence-electron chi connectivity index (χ1n) is 17.2. The fraction of sp³-hybridized carbons (Fsp3) is 0.0435. The van der Waals surface area contributed by atoms with Crippen LogP contribution in [0.25, 0.3) is 90.9 Å². The highest BCUT2D eigenvalue weighted by atomic mass is 15.0. The molecule has 0 aliphatic carbocycles. The van der Waals surface area contributed by atoms with Crippen molar-refractivity contribution in [3.05, 3.63) is 168 Å². The van der Waals surface area contributed by atoms with Crippen LogP contribution in [0.1, 0.15) is 29.7 Å². The number of nitrogens with one attached hydrogen (secondary N) is 1. The van der Waals surface area contributed by atoms with Crippen LogP contribution in [0.2, 0.25) is 0 Å². The van der Waals surface area contributed by atoms with Gasteiger partial charge in [0.1, 0.15) is 0 Å². The zero-order valence-corrected chi connectivity index (χ0v) is 27.7. The molecule has 1 N–H and O–H groups in total. The minimum absolute atomic E-state index is 0.776. The number of fused-ring (bicyclic) bond motifs is 8. The Morgan fingerprint density at radius 2 is 0.720 bits per heavy atom. The van der Waals surface area contributed by atoms with Gasteiger partial charge in [0.05, 0.1) is 33.8 Å². The minimum Gasteiger partial charge on any atom is -0.354 e. The molecular formula is C46H34N4. The molecule has 0 amide bonds. The highest BCUT2D eigenvalue weighted by Crippen LogP contribution is 2.39. The fourth-order valence-electron chi connectivity index (χ4n) is 7.37. The second-order valence-corrected chi connectivity index (χ2v) is 12.5. The van der Waals surface area contributed by atoms with E-state index in [-0.39, 0.29) is 0 Å². The topological polar surface area (TPSA) is 46.5 Å². The van der Waals surface area contributed by atoms with Gasteiger partial charge >= 0.3 is 0 Å². The van der Waals surface area contributed by atoms with Gasteiger partial charge < -0.3 is 9.55 Å². The lowest BCUT2D eigenvalue weighted by atomic mass is 10.0. The van der Waals surface area contributed by atoms with E-state index in [0.717, 1.165) is 95.9 Å². The summed E-state index contributed by atoms with van der Waals surface area (Å²) < 4.78 is 2.42. The molecule has 4 aromatic carbocycles. The first-order chi connectivity index (χ1) is 24.8. The maximum absolute atomic E-state index is 5.43. The summed E-state index contributed by atoms with van der Waals surface area (Å²) in [7, 11) is 0. The van der Waals surface area contributed by atoms with E-state index in [2.05, 4.69) is 186 Å². The lowest BCUT2D eigenvalue weighted by Gasteiger charge is -2.12. The molecule has 0 saturated heterocycles. The molecule has 3 aromatic heterocycles. The number of aromatic amines is 1. The highest BCUT2D eigenvalue weighted by molar-refractivity contribution is 6.00. The summed E-state index contributed by atoms with van der Waals surface area (Å²) in [4.78, 5) is 14.7. The second kappa shape index (κ2) is 12.5. The number of H-pyrrole nitrogens is 1. The van der Waals surface area contributed by atoms with E-state index in [0.29, 0.717) is 0 Å². The van der Waals surface area contributed by atoms with Crippen molar-refractivity contribution in [2.75, 3.05) is 0 Å². The Morgan fingerprint density at radius 3 is 1.06 bits per heavy atom. The maximum Gasteiger partial charge on any atom is 0.0737 e. The first-order valence-corrected chi connectivity index (χ1v) is 17.2. The van der Waals surface area contributed by atoms with Gasteiger partial charge in [0.2, 0.25) is 0 Å². The van der Waals surface area contributed by atoms with Gasteiger partial charge in [-0.05, 0) is 77.7 Å². The molecule has 0 unspecified atom stereocenters. The summed E-state index contributed by atoms with van der Waals surface area (Å²) in [5.74, 6) is 0. The Balaban J connectivity index is 1.52. The van der Waals surface area contributed by atoms with E-state index in [1.165, 1.54) is 0 Å². The molecule has 2 aliphatic heterocycles. The van der Waals surface area contributed by atoms with Crippen molar-refractivity contribution in [3.63, 3.8) is 0 Å². The Kier molecular flexibility index (Phi) is 7.40. The predicted molar refractivity (Wildman–Crippen MR) is 210 cm³/mol. The Hall–Kier alpha value is -6.52. The average molecular weight is 643 g/mol. The molecule has 9 rings (SSSR count).